The Morgan fingerprint density at radius 1 is 1.25 bits per heavy atom. The highest BCUT2D eigenvalue weighted by Gasteiger charge is 2.14. The van der Waals surface area contributed by atoms with Gasteiger partial charge in [0.15, 0.2) is 11.0 Å². The summed E-state index contributed by atoms with van der Waals surface area (Å²) >= 11 is 1.19. The molecule has 5 nitrogen and oxygen atoms in total. The first-order chi connectivity index (χ1) is 9.65. The lowest BCUT2D eigenvalue weighted by molar-refractivity contribution is -0.133. The van der Waals surface area contributed by atoms with Gasteiger partial charge < -0.3 is 9.67 Å². The molecule has 0 spiro atoms. The second kappa shape index (κ2) is 6.56. The number of hydrogen-bond donors (Lipinski definition) is 1. The molecule has 0 radical (unpaired) electrons. The molecule has 0 aliphatic heterocycles. The molecule has 0 amide bonds. The fraction of sp³-hybridized carbons (Fsp3) is 0.357. The van der Waals surface area contributed by atoms with Gasteiger partial charge in [0.1, 0.15) is 0 Å². The highest BCUT2D eigenvalue weighted by atomic mass is 32.2. The average molecular weight is 291 g/mol. The van der Waals surface area contributed by atoms with Gasteiger partial charge in [-0.3, -0.25) is 4.79 Å². The summed E-state index contributed by atoms with van der Waals surface area (Å²) in [5.74, 6) is -0.0788. The molecule has 6 heteroatoms. The fourth-order valence-electron chi connectivity index (χ4n) is 1.91. The SMILES string of the molecule is CCc1ccc(-c2nnc(SCC(=O)O)n2CC)cc1. The number of nitrogens with zero attached hydrogens (tertiary/aromatic N) is 3. The Bertz CT molecular complexity index is 593. The Labute approximate surface area is 122 Å². The van der Waals surface area contributed by atoms with Crippen LogP contribution in [0.3, 0.4) is 0 Å². The maximum Gasteiger partial charge on any atom is 0.313 e. The van der Waals surface area contributed by atoms with Crippen molar-refractivity contribution in [3.63, 3.8) is 0 Å². The lowest BCUT2D eigenvalue weighted by atomic mass is 10.1. The average Bonchev–Trinajstić information content (AvgIpc) is 2.88. The Kier molecular flexibility index (Phi) is 4.79. The number of aromatic nitrogens is 3. The minimum atomic E-state index is -0.852. The van der Waals surface area contributed by atoms with Crippen LogP contribution >= 0.6 is 11.8 Å². The number of rotatable bonds is 6. The van der Waals surface area contributed by atoms with E-state index in [0.717, 1.165) is 17.8 Å². The molecule has 106 valence electrons. The van der Waals surface area contributed by atoms with Crippen molar-refractivity contribution in [2.75, 3.05) is 5.75 Å². The maximum atomic E-state index is 10.6. The van der Waals surface area contributed by atoms with E-state index in [4.69, 9.17) is 5.11 Å². The molecule has 2 aromatic rings. The highest BCUT2D eigenvalue weighted by Crippen LogP contribution is 2.24. The third-order valence-corrected chi connectivity index (χ3v) is 3.93. The zero-order valence-corrected chi connectivity index (χ0v) is 12.4. The molecular formula is C14H17N3O2S. The van der Waals surface area contributed by atoms with Crippen LogP contribution in [0.4, 0.5) is 0 Å². The molecule has 0 bridgehead atoms. The minimum absolute atomic E-state index is 0.00704. The van der Waals surface area contributed by atoms with Crippen LogP contribution in [0.1, 0.15) is 19.4 Å². The fourth-order valence-corrected chi connectivity index (χ4v) is 2.63. The van der Waals surface area contributed by atoms with Crippen LogP contribution in [0, 0.1) is 0 Å². The Balaban J connectivity index is 2.28. The molecule has 1 aromatic carbocycles. The number of carbonyl (C=O) groups is 1. The molecule has 0 aliphatic carbocycles. The van der Waals surface area contributed by atoms with E-state index in [9.17, 15) is 4.79 Å². The second-order valence-electron chi connectivity index (χ2n) is 4.28. The van der Waals surface area contributed by atoms with E-state index in [0.29, 0.717) is 11.7 Å². The quantitative estimate of drug-likeness (QED) is 0.829. The monoisotopic (exact) mass is 291 g/mol. The molecule has 0 unspecified atom stereocenters. The zero-order chi connectivity index (χ0) is 14.5. The molecule has 0 saturated heterocycles. The number of thioether (sulfide) groups is 1. The van der Waals surface area contributed by atoms with E-state index in [1.807, 2.05) is 23.6 Å². The summed E-state index contributed by atoms with van der Waals surface area (Å²) in [4.78, 5) is 10.6. The van der Waals surface area contributed by atoms with Crippen LogP contribution < -0.4 is 0 Å². The van der Waals surface area contributed by atoms with Crippen LogP contribution in [0.25, 0.3) is 11.4 Å². The minimum Gasteiger partial charge on any atom is -0.481 e. The van der Waals surface area contributed by atoms with Crippen LogP contribution in [-0.4, -0.2) is 31.6 Å². The third kappa shape index (κ3) is 3.19. The van der Waals surface area contributed by atoms with Gasteiger partial charge in [0.05, 0.1) is 5.75 Å². The number of benzene rings is 1. The van der Waals surface area contributed by atoms with Crippen molar-refractivity contribution in [1.82, 2.24) is 14.8 Å². The standard InChI is InChI=1S/C14H17N3O2S/c1-3-10-5-7-11(8-6-10)13-15-16-14(17(13)4-2)20-9-12(18)19/h5-8H,3-4,9H2,1-2H3,(H,18,19). The molecule has 0 atom stereocenters. The summed E-state index contributed by atoms with van der Waals surface area (Å²) in [5, 5.41) is 17.7. The first-order valence-corrected chi connectivity index (χ1v) is 7.51. The van der Waals surface area contributed by atoms with Gasteiger partial charge in [0.2, 0.25) is 0 Å². The van der Waals surface area contributed by atoms with Gasteiger partial charge in [-0.25, -0.2) is 0 Å². The summed E-state index contributed by atoms with van der Waals surface area (Å²) in [5.41, 5.74) is 2.27. The summed E-state index contributed by atoms with van der Waals surface area (Å²) in [6.07, 6.45) is 1.00. The van der Waals surface area contributed by atoms with Gasteiger partial charge >= 0.3 is 5.97 Å². The third-order valence-electron chi connectivity index (χ3n) is 2.98. The molecule has 1 heterocycles. The van der Waals surface area contributed by atoms with Crippen LogP contribution in [-0.2, 0) is 17.8 Å². The Morgan fingerprint density at radius 2 is 1.95 bits per heavy atom. The number of aryl methyl sites for hydroxylation is 1. The van der Waals surface area contributed by atoms with Gasteiger partial charge in [0.25, 0.3) is 0 Å². The van der Waals surface area contributed by atoms with Crippen molar-refractivity contribution in [2.24, 2.45) is 0 Å². The smallest absolute Gasteiger partial charge is 0.313 e. The van der Waals surface area contributed by atoms with Gasteiger partial charge in [-0.05, 0) is 18.9 Å². The predicted molar refractivity (Wildman–Crippen MR) is 78.9 cm³/mol. The summed E-state index contributed by atoms with van der Waals surface area (Å²) in [7, 11) is 0. The van der Waals surface area contributed by atoms with Gasteiger partial charge in [-0.1, -0.05) is 43.0 Å². The zero-order valence-electron chi connectivity index (χ0n) is 11.5. The largest absolute Gasteiger partial charge is 0.481 e. The number of aliphatic carboxylic acids is 1. The van der Waals surface area contributed by atoms with E-state index in [1.54, 1.807) is 0 Å². The Hall–Kier alpha value is -1.82. The van der Waals surface area contributed by atoms with E-state index < -0.39 is 5.97 Å². The molecule has 1 aromatic heterocycles. The molecule has 0 saturated carbocycles. The normalized spacial score (nSPS) is 10.7. The number of carboxylic acids is 1. The lowest BCUT2D eigenvalue weighted by Gasteiger charge is -2.07. The molecule has 2 rings (SSSR count). The Morgan fingerprint density at radius 3 is 2.50 bits per heavy atom. The highest BCUT2D eigenvalue weighted by molar-refractivity contribution is 7.99. The van der Waals surface area contributed by atoms with Crippen molar-refractivity contribution in [1.29, 1.82) is 0 Å². The first kappa shape index (κ1) is 14.6. The van der Waals surface area contributed by atoms with Crippen molar-refractivity contribution < 1.29 is 9.90 Å². The molecule has 20 heavy (non-hydrogen) atoms. The van der Waals surface area contributed by atoms with Crippen LogP contribution in [0.5, 0.6) is 0 Å². The van der Waals surface area contributed by atoms with Crippen molar-refractivity contribution in [2.45, 2.75) is 32.0 Å². The van der Waals surface area contributed by atoms with Gasteiger partial charge in [0, 0.05) is 12.1 Å². The maximum absolute atomic E-state index is 10.6. The lowest BCUT2D eigenvalue weighted by Crippen LogP contribution is -2.03. The first-order valence-electron chi connectivity index (χ1n) is 6.52. The van der Waals surface area contributed by atoms with E-state index in [-0.39, 0.29) is 5.75 Å². The van der Waals surface area contributed by atoms with Gasteiger partial charge in [-0.15, -0.1) is 10.2 Å². The van der Waals surface area contributed by atoms with Crippen LogP contribution in [0.15, 0.2) is 29.4 Å². The molecule has 1 N–H and O–H groups in total. The van der Waals surface area contributed by atoms with Crippen molar-refractivity contribution in [3.05, 3.63) is 29.8 Å². The molecular weight excluding hydrogens is 274 g/mol. The predicted octanol–water partition coefficient (Wildman–Crippen LogP) is 2.70. The summed E-state index contributed by atoms with van der Waals surface area (Å²) in [6.45, 7) is 4.82. The summed E-state index contributed by atoms with van der Waals surface area (Å²) in [6, 6.07) is 8.21. The summed E-state index contributed by atoms with van der Waals surface area (Å²) < 4.78 is 1.94. The van der Waals surface area contributed by atoms with E-state index in [2.05, 4.69) is 29.3 Å². The number of carboxylic acid groups (broad SMARTS) is 1. The topological polar surface area (TPSA) is 68.0 Å². The van der Waals surface area contributed by atoms with Crippen molar-refractivity contribution >= 4 is 17.7 Å². The number of hydrogen-bond acceptors (Lipinski definition) is 4. The van der Waals surface area contributed by atoms with Crippen LogP contribution in [0.2, 0.25) is 0 Å². The van der Waals surface area contributed by atoms with E-state index in [1.165, 1.54) is 17.3 Å². The second-order valence-corrected chi connectivity index (χ2v) is 5.23. The molecule has 0 fully saturated rings. The van der Waals surface area contributed by atoms with Crippen molar-refractivity contribution in [3.8, 4) is 11.4 Å². The van der Waals surface area contributed by atoms with Gasteiger partial charge in [-0.2, -0.15) is 0 Å². The van der Waals surface area contributed by atoms with E-state index >= 15 is 0 Å². The molecule has 0 aliphatic rings.